The third-order valence-corrected chi connectivity index (χ3v) is 5.19. The lowest BCUT2D eigenvalue weighted by atomic mass is 10.0. The third kappa shape index (κ3) is 2.22. The zero-order valence-corrected chi connectivity index (χ0v) is 11.2. The van der Waals surface area contributed by atoms with Gasteiger partial charge in [-0.05, 0) is 18.9 Å². The molecule has 0 unspecified atom stereocenters. The summed E-state index contributed by atoms with van der Waals surface area (Å²) in [5.74, 6) is 1.31. The summed E-state index contributed by atoms with van der Waals surface area (Å²) in [6.45, 7) is 0. The van der Waals surface area contributed by atoms with E-state index in [0.29, 0.717) is 29.3 Å². The average molecular weight is 286 g/mol. The maximum absolute atomic E-state index is 11.4. The quantitative estimate of drug-likeness (QED) is 0.799. The largest absolute Gasteiger partial charge is 0.229 e. The molecule has 1 aliphatic rings. The second-order valence-corrected chi connectivity index (χ2v) is 7.28. The van der Waals surface area contributed by atoms with Gasteiger partial charge in [-0.15, -0.1) is 0 Å². The molecular weight excluding hydrogens is 274 g/mol. The first-order valence-corrected chi connectivity index (χ1v) is 7.96. The van der Waals surface area contributed by atoms with Gasteiger partial charge in [0.05, 0.1) is 11.5 Å². The Morgan fingerprint density at radius 2 is 2.06 bits per heavy atom. The summed E-state index contributed by atoms with van der Waals surface area (Å²) in [5, 5.41) is 5.00. The van der Waals surface area contributed by atoms with Gasteiger partial charge >= 0.3 is 0 Å². The molecular formula is C11H12ClN3O2S. The number of halogens is 1. The lowest BCUT2D eigenvalue weighted by molar-refractivity contribution is 0.537. The van der Waals surface area contributed by atoms with Crippen LogP contribution in [0.4, 0.5) is 0 Å². The van der Waals surface area contributed by atoms with E-state index in [2.05, 4.69) is 10.1 Å². The summed E-state index contributed by atoms with van der Waals surface area (Å²) in [6, 6.07) is 3.50. The van der Waals surface area contributed by atoms with Crippen LogP contribution in [0.1, 0.15) is 24.6 Å². The molecule has 3 heterocycles. The number of rotatable bonds is 1. The van der Waals surface area contributed by atoms with Gasteiger partial charge in [-0.2, -0.15) is 5.10 Å². The maximum Gasteiger partial charge on any atom is 0.157 e. The monoisotopic (exact) mass is 285 g/mol. The predicted molar refractivity (Wildman–Crippen MR) is 68.6 cm³/mol. The Morgan fingerprint density at radius 1 is 1.33 bits per heavy atom. The van der Waals surface area contributed by atoms with Crippen molar-refractivity contribution in [2.45, 2.75) is 18.8 Å². The number of pyridine rings is 1. The Hall–Kier alpha value is -1.14. The molecule has 0 N–H and O–H groups in total. The van der Waals surface area contributed by atoms with E-state index in [0.717, 1.165) is 0 Å². The minimum absolute atomic E-state index is 0.132. The predicted octanol–water partition coefficient (Wildman–Crippen LogP) is 1.67. The Morgan fingerprint density at radius 3 is 2.78 bits per heavy atom. The second kappa shape index (κ2) is 4.20. The molecule has 7 heteroatoms. The van der Waals surface area contributed by atoms with E-state index in [1.807, 2.05) is 0 Å². The van der Waals surface area contributed by atoms with Crippen molar-refractivity contribution in [3.05, 3.63) is 29.2 Å². The van der Waals surface area contributed by atoms with E-state index < -0.39 is 9.84 Å². The van der Waals surface area contributed by atoms with Gasteiger partial charge in [0.25, 0.3) is 0 Å². The van der Waals surface area contributed by atoms with Crippen LogP contribution in [-0.2, 0) is 9.84 Å². The summed E-state index contributed by atoms with van der Waals surface area (Å²) >= 11 is 5.89. The SMILES string of the molecule is O=S1(=O)CCC(c2nc3cc(Cl)ccn3n2)CC1. The molecule has 18 heavy (non-hydrogen) atoms. The van der Waals surface area contributed by atoms with Gasteiger partial charge in [-0.25, -0.2) is 17.9 Å². The van der Waals surface area contributed by atoms with Gasteiger partial charge < -0.3 is 0 Å². The molecule has 1 fully saturated rings. The molecule has 96 valence electrons. The molecule has 2 aromatic rings. The molecule has 0 bridgehead atoms. The molecule has 0 spiro atoms. The second-order valence-electron chi connectivity index (χ2n) is 4.54. The fourth-order valence-corrected chi connectivity index (χ4v) is 3.84. The summed E-state index contributed by atoms with van der Waals surface area (Å²) in [5.41, 5.74) is 0.700. The standard InChI is InChI=1S/C11H12ClN3O2S/c12-9-1-4-15-10(7-9)13-11(14-15)8-2-5-18(16,17)6-3-8/h1,4,7-8H,2-3,5-6H2. The van der Waals surface area contributed by atoms with E-state index in [1.165, 1.54) is 0 Å². The highest BCUT2D eigenvalue weighted by molar-refractivity contribution is 7.91. The van der Waals surface area contributed by atoms with E-state index in [4.69, 9.17) is 11.6 Å². The summed E-state index contributed by atoms with van der Waals surface area (Å²) in [6.07, 6.45) is 2.97. The Bertz CT molecular complexity index is 681. The van der Waals surface area contributed by atoms with Crippen molar-refractivity contribution >= 4 is 27.1 Å². The van der Waals surface area contributed by atoms with Crippen molar-refractivity contribution in [1.29, 1.82) is 0 Å². The Kier molecular flexibility index (Phi) is 2.79. The van der Waals surface area contributed by atoms with Crippen LogP contribution >= 0.6 is 11.6 Å². The highest BCUT2D eigenvalue weighted by Gasteiger charge is 2.27. The van der Waals surface area contributed by atoms with Crippen LogP contribution in [0.2, 0.25) is 5.02 Å². The van der Waals surface area contributed by atoms with E-state index in [1.54, 1.807) is 22.8 Å². The molecule has 1 saturated heterocycles. The van der Waals surface area contributed by atoms with Crippen LogP contribution in [0.25, 0.3) is 5.65 Å². The highest BCUT2D eigenvalue weighted by atomic mass is 35.5. The first-order valence-electron chi connectivity index (χ1n) is 5.76. The molecule has 5 nitrogen and oxygen atoms in total. The zero-order valence-electron chi connectivity index (χ0n) is 9.58. The van der Waals surface area contributed by atoms with Gasteiger partial charge in [0, 0.05) is 23.2 Å². The average Bonchev–Trinajstić information content (AvgIpc) is 2.71. The van der Waals surface area contributed by atoms with Crippen molar-refractivity contribution in [3.63, 3.8) is 0 Å². The number of hydrogen-bond donors (Lipinski definition) is 0. The van der Waals surface area contributed by atoms with Gasteiger partial charge in [0.1, 0.15) is 9.84 Å². The molecule has 3 rings (SSSR count). The normalized spacial score (nSPS) is 20.3. The van der Waals surface area contributed by atoms with Crippen LogP contribution in [-0.4, -0.2) is 34.5 Å². The minimum atomic E-state index is -2.84. The van der Waals surface area contributed by atoms with Crippen LogP contribution < -0.4 is 0 Å². The number of aromatic nitrogens is 3. The number of fused-ring (bicyclic) bond motifs is 1. The summed E-state index contributed by atoms with van der Waals surface area (Å²) < 4.78 is 24.4. The highest BCUT2D eigenvalue weighted by Crippen LogP contribution is 2.27. The van der Waals surface area contributed by atoms with Gasteiger partial charge in [0.2, 0.25) is 0 Å². The Labute approximate surface area is 110 Å². The molecule has 0 radical (unpaired) electrons. The number of nitrogens with zero attached hydrogens (tertiary/aromatic N) is 3. The fourth-order valence-electron chi connectivity index (χ4n) is 2.20. The topological polar surface area (TPSA) is 64.3 Å². The summed E-state index contributed by atoms with van der Waals surface area (Å²) in [7, 11) is -2.84. The molecule has 2 aromatic heterocycles. The van der Waals surface area contributed by atoms with Crippen LogP contribution in [0.3, 0.4) is 0 Å². The molecule has 0 aromatic carbocycles. The van der Waals surface area contributed by atoms with Crippen LogP contribution in [0.15, 0.2) is 18.3 Å². The number of hydrogen-bond acceptors (Lipinski definition) is 4. The van der Waals surface area contributed by atoms with Crippen molar-refractivity contribution in [2.24, 2.45) is 0 Å². The lowest BCUT2D eigenvalue weighted by Gasteiger charge is -2.18. The van der Waals surface area contributed by atoms with Crippen LogP contribution in [0, 0.1) is 0 Å². The van der Waals surface area contributed by atoms with E-state index >= 15 is 0 Å². The lowest BCUT2D eigenvalue weighted by Crippen LogP contribution is -2.22. The van der Waals surface area contributed by atoms with Crippen molar-refractivity contribution in [3.8, 4) is 0 Å². The third-order valence-electron chi connectivity index (χ3n) is 3.24. The molecule has 0 amide bonds. The molecule has 1 aliphatic heterocycles. The van der Waals surface area contributed by atoms with Gasteiger partial charge in [-0.1, -0.05) is 11.6 Å². The fraction of sp³-hybridized carbons (Fsp3) is 0.455. The Balaban J connectivity index is 1.91. The van der Waals surface area contributed by atoms with E-state index in [9.17, 15) is 8.42 Å². The van der Waals surface area contributed by atoms with Gasteiger partial charge in [0.15, 0.2) is 11.5 Å². The van der Waals surface area contributed by atoms with E-state index in [-0.39, 0.29) is 17.4 Å². The van der Waals surface area contributed by atoms with Crippen molar-refractivity contribution in [1.82, 2.24) is 14.6 Å². The first-order chi connectivity index (χ1) is 8.53. The minimum Gasteiger partial charge on any atom is -0.229 e. The van der Waals surface area contributed by atoms with Crippen molar-refractivity contribution < 1.29 is 8.42 Å². The number of sulfone groups is 1. The molecule has 0 aliphatic carbocycles. The smallest absolute Gasteiger partial charge is 0.157 e. The molecule has 0 atom stereocenters. The summed E-state index contributed by atoms with van der Waals surface area (Å²) in [4.78, 5) is 4.42. The molecule has 0 saturated carbocycles. The maximum atomic E-state index is 11.4. The zero-order chi connectivity index (χ0) is 12.8. The first kappa shape index (κ1) is 11.9. The van der Waals surface area contributed by atoms with Crippen molar-refractivity contribution in [2.75, 3.05) is 11.5 Å². The van der Waals surface area contributed by atoms with Crippen LogP contribution in [0.5, 0.6) is 0 Å². The van der Waals surface area contributed by atoms with Gasteiger partial charge in [-0.3, -0.25) is 0 Å².